The highest BCUT2D eigenvalue weighted by molar-refractivity contribution is 7.89. The summed E-state index contributed by atoms with van der Waals surface area (Å²) in [7, 11) is -3.82. The quantitative estimate of drug-likeness (QED) is 0.441. The van der Waals surface area contributed by atoms with E-state index in [1.807, 2.05) is 5.32 Å². The van der Waals surface area contributed by atoms with Gasteiger partial charge in [-0.1, -0.05) is 26.0 Å². The van der Waals surface area contributed by atoms with Crippen LogP contribution in [0.2, 0.25) is 0 Å². The van der Waals surface area contributed by atoms with E-state index in [-0.39, 0.29) is 17.0 Å². The van der Waals surface area contributed by atoms with E-state index in [4.69, 9.17) is 10.5 Å². The smallest absolute Gasteiger partial charge is 0.338 e. The molecule has 0 bridgehead atoms. The van der Waals surface area contributed by atoms with Crippen LogP contribution in [0.3, 0.4) is 0 Å². The van der Waals surface area contributed by atoms with Gasteiger partial charge in [0.05, 0.1) is 10.5 Å². The third-order valence-corrected chi connectivity index (χ3v) is 4.56. The average Bonchev–Trinajstić information content (AvgIpc) is 2.56. The molecular weight excluding hydrogens is 362 g/mol. The SMILES string of the molecule is C=CCNS(=O)(=O)c1cccc(C(=O)O[C@@H](C(=O)NC(N)=O)C(C)C)c1. The van der Waals surface area contributed by atoms with Crippen molar-refractivity contribution in [3.8, 4) is 0 Å². The second-order valence-electron chi connectivity index (χ2n) is 5.59. The molecule has 1 atom stereocenters. The maximum Gasteiger partial charge on any atom is 0.338 e. The summed E-state index contributed by atoms with van der Waals surface area (Å²) in [6, 6.07) is 4.07. The predicted molar refractivity (Wildman–Crippen MR) is 93.6 cm³/mol. The Morgan fingerprint density at radius 2 is 1.96 bits per heavy atom. The zero-order valence-corrected chi connectivity index (χ0v) is 15.2. The summed E-state index contributed by atoms with van der Waals surface area (Å²) in [5.41, 5.74) is 4.82. The highest BCUT2D eigenvalue weighted by atomic mass is 32.2. The summed E-state index contributed by atoms with van der Waals surface area (Å²) in [5, 5.41) is 1.85. The fraction of sp³-hybridized carbons (Fsp3) is 0.312. The number of hydrogen-bond donors (Lipinski definition) is 3. The number of carbonyl (C=O) groups is 3. The molecule has 3 amide bonds. The standard InChI is InChI=1S/C16H21N3O6S/c1-4-8-18-26(23,24)12-7-5-6-11(9-12)15(21)25-13(10(2)3)14(20)19-16(17)22/h4-7,9-10,13,18H,1,8H2,2-3H3,(H3,17,19,20,22)/t13-/m1/s1. The number of amides is 3. The van der Waals surface area contributed by atoms with Crippen LogP contribution in [0.4, 0.5) is 4.79 Å². The molecular formula is C16H21N3O6S. The third kappa shape index (κ3) is 5.97. The van der Waals surface area contributed by atoms with Gasteiger partial charge in [0.25, 0.3) is 5.91 Å². The van der Waals surface area contributed by atoms with Crippen LogP contribution < -0.4 is 15.8 Å². The number of primary amides is 1. The molecule has 0 aliphatic carbocycles. The Bertz CT molecular complexity index is 804. The highest BCUT2D eigenvalue weighted by Gasteiger charge is 2.28. The number of ether oxygens (including phenoxy) is 1. The zero-order valence-electron chi connectivity index (χ0n) is 14.4. The molecule has 1 aromatic carbocycles. The van der Waals surface area contributed by atoms with E-state index >= 15 is 0 Å². The van der Waals surface area contributed by atoms with E-state index in [2.05, 4.69) is 11.3 Å². The van der Waals surface area contributed by atoms with E-state index in [1.165, 1.54) is 24.3 Å². The van der Waals surface area contributed by atoms with Gasteiger partial charge in [0.2, 0.25) is 10.0 Å². The number of esters is 1. The summed E-state index contributed by atoms with van der Waals surface area (Å²) >= 11 is 0. The lowest BCUT2D eigenvalue weighted by Crippen LogP contribution is -2.45. The number of urea groups is 1. The van der Waals surface area contributed by atoms with Gasteiger partial charge in [0, 0.05) is 6.54 Å². The van der Waals surface area contributed by atoms with Gasteiger partial charge in [-0.15, -0.1) is 6.58 Å². The second kappa shape index (κ2) is 9.11. The Kier molecular flexibility index (Phi) is 7.47. The first-order valence-electron chi connectivity index (χ1n) is 7.60. The molecule has 0 heterocycles. The molecule has 1 rings (SSSR count). The van der Waals surface area contributed by atoms with E-state index in [1.54, 1.807) is 13.8 Å². The van der Waals surface area contributed by atoms with Gasteiger partial charge in [0.15, 0.2) is 6.10 Å². The van der Waals surface area contributed by atoms with Crippen LogP contribution in [0.1, 0.15) is 24.2 Å². The number of rotatable bonds is 8. The van der Waals surface area contributed by atoms with Crippen molar-refractivity contribution in [1.29, 1.82) is 0 Å². The molecule has 9 nitrogen and oxygen atoms in total. The van der Waals surface area contributed by atoms with Crippen molar-refractivity contribution in [1.82, 2.24) is 10.0 Å². The number of hydrogen-bond acceptors (Lipinski definition) is 6. The van der Waals surface area contributed by atoms with Crippen molar-refractivity contribution in [2.75, 3.05) is 6.54 Å². The van der Waals surface area contributed by atoms with Crippen LogP contribution in [0.15, 0.2) is 41.8 Å². The summed E-state index contributed by atoms with van der Waals surface area (Å²) in [6.45, 7) is 6.66. The summed E-state index contributed by atoms with van der Waals surface area (Å²) in [4.78, 5) is 34.9. The van der Waals surface area contributed by atoms with E-state index < -0.39 is 40.0 Å². The molecule has 0 radical (unpaired) electrons. The Morgan fingerprint density at radius 3 is 2.50 bits per heavy atom. The van der Waals surface area contributed by atoms with E-state index in [9.17, 15) is 22.8 Å². The van der Waals surface area contributed by atoms with Gasteiger partial charge in [0.1, 0.15) is 0 Å². The average molecular weight is 383 g/mol. The number of nitrogens with two attached hydrogens (primary N) is 1. The molecule has 0 saturated carbocycles. The van der Waals surface area contributed by atoms with Crippen molar-refractivity contribution < 1.29 is 27.5 Å². The monoisotopic (exact) mass is 383 g/mol. The largest absolute Gasteiger partial charge is 0.448 e. The van der Waals surface area contributed by atoms with Crippen molar-refractivity contribution in [2.24, 2.45) is 11.7 Å². The first-order chi connectivity index (χ1) is 12.1. The summed E-state index contributed by atoms with van der Waals surface area (Å²) in [6.07, 6.45) is 0.106. The Balaban J connectivity index is 3.02. The van der Waals surface area contributed by atoms with Gasteiger partial charge in [-0.25, -0.2) is 22.7 Å². The first kappa shape index (κ1) is 21.3. The molecule has 1 aromatic rings. The third-order valence-electron chi connectivity index (χ3n) is 3.14. The Labute approximate surface area is 151 Å². The van der Waals surface area contributed by atoms with Gasteiger partial charge >= 0.3 is 12.0 Å². The first-order valence-corrected chi connectivity index (χ1v) is 9.08. The lowest BCUT2D eigenvalue weighted by molar-refractivity contribution is -0.130. The number of nitrogens with one attached hydrogen (secondary N) is 2. The molecule has 0 aliphatic heterocycles. The number of imide groups is 1. The van der Waals surface area contributed by atoms with Crippen LogP contribution in [-0.2, 0) is 19.6 Å². The molecule has 142 valence electrons. The van der Waals surface area contributed by atoms with Crippen LogP contribution in [0, 0.1) is 5.92 Å². The topological polar surface area (TPSA) is 145 Å². The Hall–Kier alpha value is -2.72. The number of sulfonamides is 1. The molecule has 10 heteroatoms. The summed E-state index contributed by atoms with van der Waals surface area (Å²) < 4.78 is 31.6. The molecule has 0 fully saturated rings. The van der Waals surface area contributed by atoms with Crippen molar-refractivity contribution in [3.05, 3.63) is 42.5 Å². The highest BCUT2D eigenvalue weighted by Crippen LogP contribution is 2.15. The van der Waals surface area contributed by atoms with Crippen LogP contribution in [0.25, 0.3) is 0 Å². The van der Waals surface area contributed by atoms with Crippen LogP contribution >= 0.6 is 0 Å². The number of carbonyl (C=O) groups excluding carboxylic acids is 3. The van der Waals surface area contributed by atoms with Crippen molar-refractivity contribution in [2.45, 2.75) is 24.8 Å². The van der Waals surface area contributed by atoms with Gasteiger partial charge in [-0.3, -0.25) is 10.1 Å². The normalized spacial score (nSPS) is 12.3. The minimum absolute atomic E-state index is 0.0275. The van der Waals surface area contributed by atoms with E-state index in [0.29, 0.717) is 0 Å². The van der Waals surface area contributed by atoms with Crippen molar-refractivity contribution >= 4 is 27.9 Å². The minimum atomic E-state index is -3.82. The molecule has 4 N–H and O–H groups in total. The van der Waals surface area contributed by atoms with Gasteiger partial charge in [-0.05, 0) is 24.1 Å². The lowest BCUT2D eigenvalue weighted by atomic mass is 10.1. The predicted octanol–water partition coefficient (Wildman–Crippen LogP) is 0.527. The minimum Gasteiger partial charge on any atom is -0.448 e. The second-order valence-corrected chi connectivity index (χ2v) is 7.36. The summed E-state index contributed by atoms with van der Waals surface area (Å²) in [5.74, 6) is -2.22. The fourth-order valence-corrected chi connectivity index (χ4v) is 2.95. The maximum absolute atomic E-state index is 12.3. The van der Waals surface area contributed by atoms with Crippen molar-refractivity contribution in [3.63, 3.8) is 0 Å². The zero-order chi connectivity index (χ0) is 19.9. The van der Waals surface area contributed by atoms with Gasteiger partial charge < -0.3 is 10.5 Å². The molecule has 0 aliphatic rings. The maximum atomic E-state index is 12.3. The lowest BCUT2D eigenvalue weighted by Gasteiger charge is -2.20. The van der Waals surface area contributed by atoms with Crippen LogP contribution in [0.5, 0.6) is 0 Å². The molecule has 0 spiro atoms. The molecule has 26 heavy (non-hydrogen) atoms. The molecule has 0 unspecified atom stereocenters. The number of benzene rings is 1. The fourth-order valence-electron chi connectivity index (χ4n) is 1.91. The Morgan fingerprint density at radius 1 is 1.31 bits per heavy atom. The molecule has 0 saturated heterocycles. The van der Waals surface area contributed by atoms with E-state index in [0.717, 1.165) is 6.07 Å². The molecule has 0 aromatic heterocycles. The van der Waals surface area contributed by atoms with Gasteiger partial charge in [-0.2, -0.15) is 0 Å². The van der Waals surface area contributed by atoms with Crippen LogP contribution in [-0.4, -0.2) is 39.0 Å².